The minimum Gasteiger partial charge on any atom is -0.339 e. The van der Waals surface area contributed by atoms with Crippen LogP contribution in [0.5, 0.6) is 0 Å². The van der Waals surface area contributed by atoms with Crippen molar-refractivity contribution < 1.29 is 0 Å². The fraction of sp³-hybridized carbons (Fsp3) is 0.214. The Hall–Kier alpha value is -1.65. The van der Waals surface area contributed by atoms with Crippen molar-refractivity contribution in [2.45, 2.75) is 13.0 Å². The Kier molecular flexibility index (Phi) is 3.13. The summed E-state index contributed by atoms with van der Waals surface area (Å²) in [4.78, 5) is 0.974. The van der Waals surface area contributed by atoms with Gasteiger partial charge in [0, 0.05) is 12.2 Å². The zero-order valence-corrected chi connectivity index (χ0v) is 10.8. The Bertz CT molecular complexity index is 560. The molecule has 18 heavy (non-hydrogen) atoms. The van der Waals surface area contributed by atoms with Crippen LogP contribution in [0.25, 0.3) is 0 Å². The number of hydrogen-bond acceptors (Lipinski definition) is 3. The van der Waals surface area contributed by atoms with E-state index in [1.54, 1.807) is 11.3 Å². The summed E-state index contributed by atoms with van der Waals surface area (Å²) in [6.07, 6.45) is 1.02. The number of thiophene rings is 1. The second-order valence-corrected chi connectivity index (χ2v) is 5.30. The molecule has 4 heteroatoms. The van der Waals surface area contributed by atoms with Crippen molar-refractivity contribution in [2.24, 2.45) is 0 Å². The molecule has 0 spiro atoms. The Morgan fingerprint density at radius 2 is 2.22 bits per heavy atom. The van der Waals surface area contributed by atoms with Gasteiger partial charge >= 0.3 is 0 Å². The van der Waals surface area contributed by atoms with E-state index in [0.717, 1.165) is 30.1 Å². The number of rotatable bonds is 2. The van der Waals surface area contributed by atoms with Gasteiger partial charge in [-0.15, -0.1) is 11.3 Å². The summed E-state index contributed by atoms with van der Waals surface area (Å²) in [6.45, 7) is 1.94. The van der Waals surface area contributed by atoms with Crippen molar-refractivity contribution in [3.05, 3.63) is 51.7 Å². The van der Waals surface area contributed by atoms with E-state index in [4.69, 9.17) is 5.41 Å². The Balaban J connectivity index is 1.87. The summed E-state index contributed by atoms with van der Waals surface area (Å²) in [5.41, 5.74) is 3.76. The van der Waals surface area contributed by atoms with Crippen LogP contribution in [0.3, 0.4) is 0 Å². The molecule has 3 rings (SSSR count). The number of hydrogen-bond donors (Lipinski definition) is 3. The molecule has 0 bridgehead atoms. The molecule has 0 saturated heterocycles. The van der Waals surface area contributed by atoms with Crippen LogP contribution in [0, 0.1) is 5.41 Å². The summed E-state index contributed by atoms with van der Waals surface area (Å²) in [5, 5.41) is 16.7. The Labute approximate surface area is 110 Å². The van der Waals surface area contributed by atoms with Gasteiger partial charge in [-0.3, -0.25) is 5.41 Å². The SMILES string of the molecule is N=C(Nc1cccc2c1CCNC2)c1cccs1. The van der Waals surface area contributed by atoms with Gasteiger partial charge in [-0.1, -0.05) is 18.2 Å². The molecule has 0 aliphatic carbocycles. The van der Waals surface area contributed by atoms with E-state index in [9.17, 15) is 0 Å². The molecule has 0 atom stereocenters. The quantitative estimate of drug-likeness (QED) is 0.572. The van der Waals surface area contributed by atoms with Crippen LogP contribution in [0.1, 0.15) is 16.0 Å². The van der Waals surface area contributed by atoms with Crippen molar-refractivity contribution >= 4 is 22.9 Å². The Morgan fingerprint density at radius 1 is 1.28 bits per heavy atom. The molecule has 2 aromatic rings. The zero-order chi connectivity index (χ0) is 12.4. The van der Waals surface area contributed by atoms with Crippen LogP contribution in [-0.4, -0.2) is 12.4 Å². The van der Waals surface area contributed by atoms with Crippen molar-refractivity contribution in [1.29, 1.82) is 5.41 Å². The lowest BCUT2D eigenvalue weighted by Crippen LogP contribution is -2.25. The van der Waals surface area contributed by atoms with Crippen LogP contribution >= 0.6 is 11.3 Å². The number of fused-ring (bicyclic) bond motifs is 1. The third-order valence-corrected chi connectivity index (χ3v) is 4.05. The van der Waals surface area contributed by atoms with E-state index < -0.39 is 0 Å². The lowest BCUT2D eigenvalue weighted by molar-refractivity contribution is 0.645. The van der Waals surface area contributed by atoms with Crippen LogP contribution in [0.15, 0.2) is 35.7 Å². The maximum atomic E-state index is 8.08. The van der Waals surface area contributed by atoms with Crippen molar-refractivity contribution in [3.63, 3.8) is 0 Å². The van der Waals surface area contributed by atoms with Gasteiger partial charge < -0.3 is 10.6 Å². The molecule has 3 nitrogen and oxygen atoms in total. The highest BCUT2D eigenvalue weighted by Crippen LogP contribution is 2.24. The van der Waals surface area contributed by atoms with Gasteiger partial charge in [-0.25, -0.2) is 0 Å². The number of nitrogens with one attached hydrogen (secondary N) is 3. The molecule has 2 heterocycles. The van der Waals surface area contributed by atoms with Crippen molar-refractivity contribution in [2.75, 3.05) is 11.9 Å². The van der Waals surface area contributed by atoms with Gasteiger partial charge in [0.05, 0.1) is 4.88 Å². The molecule has 1 aromatic carbocycles. The molecule has 3 N–H and O–H groups in total. The van der Waals surface area contributed by atoms with E-state index >= 15 is 0 Å². The van der Waals surface area contributed by atoms with Gasteiger partial charge in [-0.05, 0) is 41.6 Å². The van der Waals surface area contributed by atoms with E-state index in [1.165, 1.54) is 11.1 Å². The monoisotopic (exact) mass is 257 g/mol. The first-order valence-electron chi connectivity index (χ1n) is 6.05. The van der Waals surface area contributed by atoms with Gasteiger partial charge in [0.2, 0.25) is 0 Å². The van der Waals surface area contributed by atoms with Crippen molar-refractivity contribution in [3.8, 4) is 0 Å². The summed E-state index contributed by atoms with van der Waals surface area (Å²) >= 11 is 1.59. The molecular formula is C14H15N3S. The number of benzene rings is 1. The summed E-state index contributed by atoms with van der Waals surface area (Å²) in [7, 11) is 0. The van der Waals surface area contributed by atoms with Gasteiger partial charge in [0.15, 0.2) is 0 Å². The molecule has 1 aromatic heterocycles. The largest absolute Gasteiger partial charge is 0.339 e. The topological polar surface area (TPSA) is 47.9 Å². The fourth-order valence-corrected chi connectivity index (χ4v) is 2.90. The Morgan fingerprint density at radius 3 is 3.06 bits per heavy atom. The predicted octanol–water partition coefficient (Wildman–Crippen LogP) is 2.83. The highest BCUT2D eigenvalue weighted by Gasteiger charge is 2.13. The first-order valence-corrected chi connectivity index (χ1v) is 6.93. The molecule has 0 fully saturated rings. The fourth-order valence-electron chi connectivity index (χ4n) is 2.27. The second-order valence-electron chi connectivity index (χ2n) is 4.35. The summed E-state index contributed by atoms with van der Waals surface area (Å²) in [5.74, 6) is 0.483. The maximum absolute atomic E-state index is 8.08. The maximum Gasteiger partial charge on any atom is 0.140 e. The van der Waals surface area contributed by atoms with E-state index in [-0.39, 0.29) is 0 Å². The third kappa shape index (κ3) is 2.17. The van der Waals surface area contributed by atoms with Crippen LogP contribution in [-0.2, 0) is 13.0 Å². The highest BCUT2D eigenvalue weighted by molar-refractivity contribution is 7.12. The van der Waals surface area contributed by atoms with E-state index in [2.05, 4.69) is 28.8 Å². The van der Waals surface area contributed by atoms with Crippen LogP contribution in [0.2, 0.25) is 0 Å². The molecular weight excluding hydrogens is 242 g/mol. The first kappa shape index (κ1) is 11.4. The highest BCUT2D eigenvalue weighted by atomic mass is 32.1. The second kappa shape index (κ2) is 4.92. The smallest absolute Gasteiger partial charge is 0.140 e. The standard InChI is InChI=1S/C14H15N3S/c15-14(13-5-2-8-18-13)17-12-4-1-3-10-9-16-7-6-11(10)12/h1-5,8,16H,6-7,9H2,(H2,15,17). The lowest BCUT2D eigenvalue weighted by Gasteiger charge is -2.21. The molecule has 0 unspecified atom stereocenters. The molecule has 1 aliphatic heterocycles. The first-order chi connectivity index (χ1) is 8.84. The van der Waals surface area contributed by atoms with Gasteiger partial charge in [-0.2, -0.15) is 0 Å². The predicted molar refractivity (Wildman–Crippen MR) is 76.6 cm³/mol. The van der Waals surface area contributed by atoms with Gasteiger partial charge in [0.1, 0.15) is 5.84 Å². The average molecular weight is 257 g/mol. The van der Waals surface area contributed by atoms with Crippen molar-refractivity contribution in [1.82, 2.24) is 5.32 Å². The van der Waals surface area contributed by atoms with Crippen LogP contribution < -0.4 is 10.6 Å². The number of amidine groups is 1. The minimum atomic E-state index is 0.483. The van der Waals surface area contributed by atoms with Crippen LogP contribution in [0.4, 0.5) is 5.69 Å². The van der Waals surface area contributed by atoms with Gasteiger partial charge in [0.25, 0.3) is 0 Å². The molecule has 92 valence electrons. The lowest BCUT2D eigenvalue weighted by atomic mass is 9.99. The molecule has 0 amide bonds. The molecule has 0 radical (unpaired) electrons. The van der Waals surface area contributed by atoms with E-state index in [1.807, 2.05) is 17.5 Å². The summed E-state index contributed by atoms with van der Waals surface area (Å²) in [6, 6.07) is 10.2. The molecule has 1 aliphatic rings. The molecule has 0 saturated carbocycles. The minimum absolute atomic E-state index is 0.483. The number of anilines is 1. The average Bonchev–Trinajstić information content (AvgIpc) is 2.93. The normalized spacial score (nSPS) is 14.0. The zero-order valence-electron chi connectivity index (χ0n) is 9.99. The summed E-state index contributed by atoms with van der Waals surface area (Å²) < 4.78 is 0. The van der Waals surface area contributed by atoms with E-state index in [0.29, 0.717) is 5.84 Å². The third-order valence-electron chi connectivity index (χ3n) is 3.17.